The zero-order chi connectivity index (χ0) is 17.9. The van der Waals surface area contributed by atoms with Crippen molar-refractivity contribution >= 4 is 18.0 Å². The van der Waals surface area contributed by atoms with Crippen molar-refractivity contribution in [3.63, 3.8) is 0 Å². The lowest BCUT2D eigenvalue weighted by Crippen LogP contribution is -2.59. The van der Waals surface area contributed by atoms with Gasteiger partial charge in [0.1, 0.15) is 17.7 Å². The topological polar surface area (TPSA) is 97.0 Å². The van der Waals surface area contributed by atoms with Crippen LogP contribution in [0.25, 0.3) is 0 Å². The number of methoxy groups -OCH3 is 1. The fourth-order valence-electron chi connectivity index (χ4n) is 3.21. The van der Waals surface area contributed by atoms with Crippen LogP contribution in [0, 0.1) is 0 Å². The standard InChI is InChI=1S/C16H27N3O5/c1-16(2,3)24-15(22)18-11-9-17-8-7-10-5-6-12(14(21)23-4)19(10)13(11)20/h10-12,17H,5-9H2,1-4H3,(H,18,22)/t10-,11?,12?/m1/s1. The molecule has 0 aliphatic carbocycles. The van der Waals surface area contributed by atoms with Crippen molar-refractivity contribution < 1.29 is 23.9 Å². The Kier molecular flexibility index (Phi) is 5.69. The Balaban J connectivity index is 2.12. The maximum Gasteiger partial charge on any atom is 0.408 e. The first-order valence-corrected chi connectivity index (χ1v) is 8.33. The lowest BCUT2D eigenvalue weighted by Gasteiger charge is -2.35. The molecule has 2 aliphatic rings. The van der Waals surface area contributed by atoms with Gasteiger partial charge in [0.05, 0.1) is 7.11 Å². The van der Waals surface area contributed by atoms with Crippen LogP contribution in [-0.4, -0.2) is 66.8 Å². The van der Waals surface area contributed by atoms with Gasteiger partial charge in [-0.1, -0.05) is 0 Å². The van der Waals surface area contributed by atoms with E-state index in [4.69, 9.17) is 9.47 Å². The number of esters is 1. The van der Waals surface area contributed by atoms with Crippen LogP contribution in [0.3, 0.4) is 0 Å². The van der Waals surface area contributed by atoms with E-state index in [1.807, 2.05) is 0 Å². The Morgan fingerprint density at radius 1 is 1.25 bits per heavy atom. The number of hydrogen-bond donors (Lipinski definition) is 2. The van der Waals surface area contributed by atoms with E-state index in [9.17, 15) is 14.4 Å². The molecule has 0 bridgehead atoms. The van der Waals surface area contributed by atoms with Crippen molar-refractivity contribution in [2.75, 3.05) is 20.2 Å². The van der Waals surface area contributed by atoms with Crippen LogP contribution < -0.4 is 10.6 Å². The summed E-state index contributed by atoms with van der Waals surface area (Å²) >= 11 is 0. The van der Waals surface area contributed by atoms with E-state index >= 15 is 0 Å². The number of carbonyl (C=O) groups excluding carboxylic acids is 3. The second-order valence-electron chi connectivity index (χ2n) is 7.21. The highest BCUT2D eigenvalue weighted by Crippen LogP contribution is 2.28. The molecule has 136 valence electrons. The van der Waals surface area contributed by atoms with Gasteiger partial charge >= 0.3 is 12.1 Å². The van der Waals surface area contributed by atoms with Gasteiger partial charge in [-0.25, -0.2) is 9.59 Å². The van der Waals surface area contributed by atoms with E-state index in [1.54, 1.807) is 25.7 Å². The minimum absolute atomic E-state index is 0.0164. The molecule has 0 saturated carbocycles. The van der Waals surface area contributed by atoms with Gasteiger partial charge in [0.15, 0.2) is 0 Å². The van der Waals surface area contributed by atoms with Crippen LogP contribution in [0.5, 0.6) is 0 Å². The summed E-state index contributed by atoms with van der Waals surface area (Å²) in [5, 5.41) is 5.79. The predicted molar refractivity (Wildman–Crippen MR) is 86.3 cm³/mol. The van der Waals surface area contributed by atoms with Crippen molar-refractivity contribution in [3.05, 3.63) is 0 Å². The molecular weight excluding hydrogens is 314 g/mol. The summed E-state index contributed by atoms with van der Waals surface area (Å²) in [6, 6.07) is -1.36. The molecule has 0 aromatic rings. The summed E-state index contributed by atoms with van der Waals surface area (Å²) in [5.74, 6) is -0.679. The van der Waals surface area contributed by atoms with Crippen molar-refractivity contribution in [1.82, 2.24) is 15.5 Å². The van der Waals surface area contributed by atoms with E-state index in [1.165, 1.54) is 7.11 Å². The summed E-state index contributed by atoms with van der Waals surface area (Å²) in [6.07, 6.45) is 1.47. The molecule has 0 radical (unpaired) electrons. The molecule has 2 amide bonds. The fraction of sp³-hybridized carbons (Fsp3) is 0.812. The second-order valence-corrected chi connectivity index (χ2v) is 7.21. The molecule has 0 aromatic heterocycles. The zero-order valence-electron chi connectivity index (χ0n) is 14.8. The summed E-state index contributed by atoms with van der Waals surface area (Å²) in [4.78, 5) is 38.5. The molecule has 2 fully saturated rings. The summed E-state index contributed by atoms with van der Waals surface area (Å²) in [5.41, 5.74) is -0.646. The predicted octanol–water partition coefficient (Wildman–Crippen LogP) is 0.406. The van der Waals surface area contributed by atoms with Crippen LogP contribution in [0.15, 0.2) is 0 Å². The molecule has 2 N–H and O–H groups in total. The number of fused-ring (bicyclic) bond motifs is 1. The minimum atomic E-state index is -0.770. The van der Waals surface area contributed by atoms with Gasteiger partial charge in [-0.3, -0.25) is 4.79 Å². The summed E-state index contributed by atoms with van der Waals surface area (Å²) < 4.78 is 10.1. The molecule has 3 atom stereocenters. The Hall–Kier alpha value is -1.83. The van der Waals surface area contributed by atoms with Crippen molar-refractivity contribution in [2.24, 2.45) is 0 Å². The average molecular weight is 341 g/mol. The lowest BCUT2D eigenvalue weighted by atomic mass is 10.1. The van der Waals surface area contributed by atoms with E-state index < -0.39 is 29.7 Å². The number of rotatable bonds is 2. The minimum Gasteiger partial charge on any atom is -0.467 e. The zero-order valence-corrected chi connectivity index (χ0v) is 14.8. The Bertz CT molecular complexity index is 502. The molecule has 2 unspecified atom stereocenters. The Morgan fingerprint density at radius 3 is 2.58 bits per heavy atom. The normalized spacial score (nSPS) is 27.8. The first-order valence-electron chi connectivity index (χ1n) is 8.33. The highest BCUT2D eigenvalue weighted by Gasteiger charge is 2.44. The van der Waals surface area contributed by atoms with E-state index in [2.05, 4.69) is 10.6 Å². The van der Waals surface area contributed by atoms with Crippen LogP contribution in [0.4, 0.5) is 4.79 Å². The number of alkyl carbamates (subject to hydrolysis) is 1. The summed E-state index contributed by atoms with van der Waals surface area (Å²) in [6.45, 7) is 6.29. The van der Waals surface area contributed by atoms with Crippen molar-refractivity contribution in [3.8, 4) is 0 Å². The van der Waals surface area contributed by atoms with Crippen molar-refractivity contribution in [2.45, 2.75) is 63.8 Å². The highest BCUT2D eigenvalue weighted by molar-refractivity contribution is 5.90. The van der Waals surface area contributed by atoms with Crippen LogP contribution in [0.2, 0.25) is 0 Å². The molecule has 2 aliphatic heterocycles. The van der Waals surface area contributed by atoms with Crippen LogP contribution >= 0.6 is 0 Å². The SMILES string of the molecule is COC(=O)C1CC[C@@H]2CCNCC(NC(=O)OC(C)(C)C)C(=O)N12. The maximum atomic E-state index is 12.9. The molecule has 8 heteroatoms. The number of nitrogens with one attached hydrogen (secondary N) is 2. The highest BCUT2D eigenvalue weighted by atomic mass is 16.6. The number of ether oxygens (including phenoxy) is 2. The average Bonchev–Trinajstić information content (AvgIpc) is 2.88. The number of carbonyl (C=O) groups is 3. The molecule has 0 aromatic carbocycles. The summed E-state index contributed by atoms with van der Waals surface area (Å²) in [7, 11) is 1.32. The monoisotopic (exact) mass is 341 g/mol. The molecule has 2 saturated heterocycles. The third-order valence-corrected chi connectivity index (χ3v) is 4.22. The third-order valence-electron chi connectivity index (χ3n) is 4.22. The quantitative estimate of drug-likeness (QED) is 0.706. The largest absolute Gasteiger partial charge is 0.467 e. The molecule has 24 heavy (non-hydrogen) atoms. The first kappa shape index (κ1) is 18.5. The molecule has 8 nitrogen and oxygen atoms in total. The van der Waals surface area contributed by atoms with Gasteiger partial charge in [-0.05, 0) is 46.6 Å². The van der Waals surface area contributed by atoms with Crippen LogP contribution in [-0.2, 0) is 19.1 Å². The van der Waals surface area contributed by atoms with Crippen LogP contribution in [0.1, 0.15) is 40.0 Å². The third kappa shape index (κ3) is 4.37. The molecule has 2 heterocycles. The van der Waals surface area contributed by atoms with E-state index in [-0.39, 0.29) is 11.9 Å². The van der Waals surface area contributed by atoms with Gasteiger partial charge in [-0.15, -0.1) is 0 Å². The first-order chi connectivity index (χ1) is 11.2. The fourth-order valence-corrected chi connectivity index (χ4v) is 3.21. The van der Waals surface area contributed by atoms with E-state index in [0.29, 0.717) is 13.0 Å². The van der Waals surface area contributed by atoms with Gasteiger partial charge in [0.2, 0.25) is 5.91 Å². The van der Waals surface area contributed by atoms with Gasteiger partial charge in [0.25, 0.3) is 0 Å². The second kappa shape index (κ2) is 7.38. The molecule has 0 spiro atoms. The van der Waals surface area contributed by atoms with Crippen molar-refractivity contribution in [1.29, 1.82) is 0 Å². The number of amides is 2. The van der Waals surface area contributed by atoms with Gasteiger partial charge in [-0.2, -0.15) is 0 Å². The molecular formula is C16H27N3O5. The Labute approximate surface area is 142 Å². The number of hydrogen-bond acceptors (Lipinski definition) is 6. The smallest absolute Gasteiger partial charge is 0.408 e. The Morgan fingerprint density at radius 2 is 1.96 bits per heavy atom. The molecule has 2 rings (SSSR count). The maximum absolute atomic E-state index is 12.9. The van der Waals surface area contributed by atoms with Gasteiger partial charge in [0, 0.05) is 12.6 Å². The van der Waals surface area contributed by atoms with E-state index in [0.717, 1.165) is 19.4 Å². The van der Waals surface area contributed by atoms with Gasteiger partial charge < -0.3 is 25.0 Å². The lowest BCUT2D eigenvalue weighted by molar-refractivity contribution is -0.153. The number of nitrogens with zero attached hydrogens (tertiary/aromatic N) is 1.